The van der Waals surface area contributed by atoms with Gasteiger partial charge >= 0.3 is 6.01 Å². The number of nitrogens with one attached hydrogen (secondary N) is 1. The van der Waals surface area contributed by atoms with Crippen LogP contribution in [0.15, 0.2) is 0 Å². The van der Waals surface area contributed by atoms with Crippen LogP contribution in [0.5, 0.6) is 6.01 Å². The smallest absolute Gasteiger partial charge is 0.322 e. The van der Waals surface area contributed by atoms with Crippen LogP contribution in [0.25, 0.3) is 0 Å². The zero-order chi connectivity index (χ0) is 13.7. The second-order valence-corrected chi connectivity index (χ2v) is 5.20. The van der Waals surface area contributed by atoms with Gasteiger partial charge in [-0.3, -0.25) is 0 Å². The van der Waals surface area contributed by atoms with Crippen molar-refractivity contribution < 1.29 is 9.47 Å². The van der Waals surface area contributed by atoms with Gasteiger partial charge in [-0.1, -0.05) is 6.92 Å². The van der Waals surface area contributed by atoms with Crippen molar-refractivity contribution >= 4 is 17.5 Å². The van der Waals surface area contributed by atoms with Crippen molar-refractivity contribution in [1.82, 2.24) is 15.0 Å². The third-order valence-electron chi connectivity index (χ3n) is 3.03. The van der Waals surface area contributed by atoms with E-state index in [9.17, 15) is 0 Å². The molecule has 2 rings (SSSR count). The second kappa shape index (κ2) is 6.34. The van der Waals surface area contributed by atoms with Crippen molar-refractivity contribution in [3.8, 4) is 6.01 Å². The monoisotopic (exact) mass is 286 g/mol. The second-order valence-electron chi connectivity index (χ2n) is 4.86. The van der Waals surface area contributed by atoms with Crippen LogP contribution in [-0.2, 0) is 4.74 Å². The van der Waals surface area contributed by atoms with Gasteiger partial charge in [0.25, 0.3) is 0 Å². The lowest BCUT2D eigenvalue weighted by atomic mass is 9.93. The zero-order valence-electron chi connectivity index (χ0n) is 11.3. The Morgan fingerprint density at radius 3 is 2.74 bits per heavy atom. The summed E-state index contributed by atoms with van der Waals surface area (Å²) in [6.45, 7) is 6.18. The van der Waals surface area contributed by atoms with Crippen molar-refractivity contribution in [3.05, 3.63) is 5.28 Å². The topological polar surface area (TPSA) is 69.2 Å². The molecular weight excluding hydrogens is 268 g/mol. The molecule has 1 aliphatic rings. The predicted molar refractivity (Wildman–Crippen MR) is 72.7 cm³/mol. The highest BCUT2D eigenvalue weighted by Gasteiger charge is 2.28. The van der Waals surface area contributed by atoms with E-state index in [0.717, 1.165) is 32.5 Å². The molecule has 0 atom stereocenters. The summed E-state index contributed by atoms with van der Waals surface area (Å²) >= 11 is 5.89. The van der Waals surface area contributed by atoms with Gasteiger partial charge in [-0.15, -0.1) is 0 Å². The van der Waals surface area contributed by atoms with E-state index < -0.39 is 0 Å². The van der Waals surface area contributed by atoms with Crippen LogP contribution < -0.4 is 10.1 Å². The molecular formula is C12H19ClN4O2. The summed E-state index contributed by atoms with van der Waals surface area (Å²) in [5.41, 5.74) is -0.0784. The van der Waals surface area contributed by atoms with E-state index in [1.807, 2.05) is 6.92 Å². The van der Waals surface area contributed by atoms with E-state index in [0.29, 0.717) is 12.6 Å². The molecule has 19 heavy (non-hydrogen) atoms. The summed E-state index contributed by atoms with van der Waals surface area (Å²) in [6, 6.07) is 0.264. The lowest BCUT2D eigenvalue weighted by Crippen LogP contribution is -2.41. The summed E-state index contributed by atoms with van der Waals surface area (Å²) in [7, 11) is 0. The summed E-state index contributed by atoms with van der Waals surface area (Å²) in [6.07, 6.45) is 2.70. The lowest BCUT2D eigenvalue weighted by molar-refractivity contribution is 0.0655. The maximum atomic E-state index is 5.89. The molecule has 0 bridgehead atoms. The number of anilines is 1. The van der Waals surface area contributed by atoms with Crippen molar-refractivity contribution in [1.29, 1.82) is 0 Å². The Bertz CT molecular complexity index is 424. The maximum absolute atomic E-state index is 5.89. The van der Waals surface area contributed by atoms with Crippen LogP contribution in [0.4, 0.5) is 5.95 Å². The van der Waals surface area contributed by atoms with Gasteiger partial charge in [-0.25, -0.2) is 0 Å². The molecule has 106 valence electrons. The summed E-state index contributed by atoms with van der Waals surface area (Å²) in [5, 5.41) is 3.45. The minimum absolute atomic E-state index is 0.0784. The lowest BCUT2D eigenvalue weighted by Gasteiger charge is -2.34. The van der Waals surface area contributed by atoms with Crippen LogP contribution in [0.1, 0.15) is 33.1 Å². The molecule has 0 radical (unpaired) electrons. The van der Waals surface area contributed by atoms with Gasteiger partial charge < -0.3 is 14.8 Å². The van der Waals surface area contributed by atoms with E-state index in [2.05, 4.69) is 27.2 Å². The Labute approximate surface area is 117 Å². The highest BCUT2D eigenvalue weighted by Crippen LogP contribution is 2.24. The minimum Gasteiger partial charge on any atom is -0.463 e. The number of nitrogens with zero attached hydrogens (tertiary/aromatic N) is 3. The fourth-order valence-corrected chi connectivity index (χ4v) is 2.01. The van der Waals surface area contributed by atoms with Gasteiger partial charge in [-0.05, 0) is 37.8 Å². The Kier molecular flexibility index (Phi) is 4.76. The Hall–Kier alpha value is -1.14. The Morgan fingerprint density at radius 2 is 2.05 bits per heavy atom. The standard InChI is InChI=1S/C12H19ClN4O2/c1-3-6-19-11-15-9(13)14-10(16-11)17-12(2)4-7-18-8-5-12/h3-8H2,1-2H3,(H,14,15,16,17). The average molecular weight is 287 g/mol. The van der Waals surface area contributed by atoms with Crippen molar-refractivity contribution in [2.75, 3.05) is 25.1 Å². The largest absolute Gasteiger partial charge is 0.463 e. The third-order valence-corrected chi connectivity index (χ3v) is 3.20. The highest BCUT2D eigenvalue weighted by molar-refractivity contribution is 6.28. The first-order valence-electron chi connectivity index (χ1n) is 6.51. The molecule has 0 unspecified atom stereocenters. The maximum Gasteiger partial charge on any atom is 0.322 e. The van der Waals surface area contributed by atoms with Crippen LogP contribution in [-0.4, -0.2) is 40.3 Å². The van der Waals surface area contributed by atoms with E-state index >= 15 is 0 Å². The van der Waals surface area contributed by atoms with Crippen molar-refractivity contribution in [3.63, 3.8) is 0 Å². The van der Waals surface area contributed by atoms with E-state index in [1.165, 1.54) is 0 Å². The number of rotatable bonds is 5. The fourth-order valence-electron chi connectivity index (χ4n) is 1.86. The Balaban J connectivity index is 2.08. The molecule has 0 saturated carbocycles. The van der Waals surface area contributed by atoms with Gasteiger partial charge in [0, 0.05) is 18.8 Å². The molecule has 2 heterocycles. The SMILES string of the molecule is CCCOc1nc(Cl)nc(NC2(C)CCOCC2)n1. The van der Waals surface area contributed by atoms with Crippen LogP contribution >= 0.6 is 11.6 Å². The number of ether oxygens (including phenoxy) is 2. The number of hydrogen-bond donors (Lipinski definition) is 1. The first-order chi connectivity index (χ1) is 9.11. The molecule has 0 aromatic carbocycles. The molecule has 1 N–H and O–H groups in total. The fraction of sp³-hybridized carbons (Fsp3) is 0.750. The van der Waals surface area contributed by atoms with E-state index in [4.69, 9.17) is 21.1 Å². The van der Waals surface area contributed by atoms with E-state index in [1.54, 1.807) is 0 Å². The van der Waals surface area contributed by atoms with Gasteiger partial charge in [-0.2, -0.15) is 15.0 Å². The molecule has 1 fully saturated rings. The summed E-state index contributed by atoms with van der Waals surface area (Å²) in [4.78, 5) is 12.3. The molecule has 1 aromatic heterocycles. The molecule has 1 aromatic rings. The predicted octanol–water partition coefficient (Wildman–Crippen LogP) is 2.29. The van der Waals surface area contributed by atoms with Crippen LogP contribution in [0, 0.1) is 0 Å². The molecule has 6 nitrogen and oxygen atoms in total. The quantitative estimate of drug-likeness (QED) is 0.896. The summed E-state index contributed by atoms with van der Waals surface area (Å²) in [5.74, 6) is 0.454. The Morgan fingerprint density at radius 1 is 1.32 bits per heavy atom. The molecule has 7 heteroatoms. The van der Waals surface area contributed by atoms with Crippen molar-refractivity contribution in [2.24, 2.45) is 0 Å². The third kappa shape index (κ3) is 4.18. The normalized spacial score (nSPS) is 18.1. The number of halogens is 1. The van der Waals surface area contributed by atoms with Gasteiger partial charge in [0.15, 0.2) is 0 Å². The minimum atomic E-state index is -0.0784. The molecule has 1 aliphatic heterocycles. The molecule has 0 spiro atoms. The van der Waals surface area contributed by atoms with Crippen molar-refractivity contribution in [2.45, 2.75) is 38.6 Å². The van der Waals surface area contributed by atoms with Gasteiger partial charge in [0.2, 0.25) is 11.2 Å². The van der Waals surface area contributed by atoms with Gasteiger partial charge in [0.05, 0.1) is 6.61 Å². The molecule has 0 aliphatic carbocycles. The van der Waals surface area contributed by atoms with Crippen LogP contribution in [0.2, 0.25) is 5.28 Å². The number of aromatic nitrogens is 3. The molecule has 0 amide bonds. The van der Waals surface area contributed by atoms with E-state index in [-0.39, 0.29) is 16.8 Å². The average Bonchev–Trinajstić information content (AvgIpc) is 2.36. The number of hydrogen-bond acceptors (Lipinski definition) is 6. The first kappa shape index (κ1) is 14.3. The molecule has 1 saturated heterocycles. The highest BCUT2D eigenvalue weighted by atomic mass is 35.5. The van der Waals surface area contributed by atoms with Crippen LogP contribution in [0.3, 0.4) is 0 Å². The zero-order valence-corrected chi connectivity index (χ0v) is 12.0. The summed E-state index contributed by atoms with van der Waals surface area (Å²) < 4.78 is 10.7. The van der Waals surface area contributed by atoms with Gasteiger partial charge in [0.1, 0.15) is 0 Å². The first-order valence-corrected chi connectivity index (χ1v) is 6.89.